The highest BCUT2D eigenvalue weighted by atomic mass is 35.5. The number of rotatable bonds is 7. The predicted octanol–water partition coefficient (Wildman–Crippen LogP) is 4.71. The van der Waals surface area contributed by atoms with Crippen molar-refractivity contribution in [3.8, 4) is 23.8 Å². The van der Waals surface area contributed by atoms with Crippen LogP contribution in [-0.2, 0) is 0 Å². The van der Waals surface area contributed by atoms with Gasteiger partial charge in [0.2, 0.25) is 0 Å². The fourth-order valence-corrected chi connectivity index (χ4v) is 2.80. The van der Waals surface area contributed by atoms with Crippen molar-refractivity contribution in [2.75, 3.05) is 13.2 Å². The molecule has 1 heterocycles. The summed E-state index contributed by atoms with van der Waals surface area (Å²) in [5.41, 5.74) is 0.831. The summed E-state index contributed by atoms with van der Waals surface area (Å²) in [4.78, 5) is 12.6. The van der Waals surface area contributed by atoms with Gasteiger partial charge in [-0.2, -0.15) is 0 Å². The van der Waals surface area contributed by atoms with E-state index in [1.54, 1.807) is 30.3 Å². The van der Waals surface area contributed by atoms with Crippen molar-refractivity contribution in [3.05, 3.63) is 51.2 Å². The molecule has 0 aliphatic carbocycles. The van der Waals surface area contributed by atoms with Gasteiger partial charge in [-0.15, -0.1) is 17.8 Å². The van der Waals surface area contributed by atoms with Gasteiger partial charge in [-0.3, -0.25) is 4.79 Å². The maximum Gasteiger partial charge on any atom is 0.195 e. The van der Waals surface area contributed by atoms with Gasteiger partial charge in [-0.05, 0) is 42.8 Å². The van der Waals surface area contributed by atoms with Gasteiger partial charge in [0, 0.05) is 0 Å². The zero-order valence-corrected chi connectivity index (χ0v) is 14.1. The van der Waals surface area contributed by atoms with Gasteiger partial charge in [0.25, 0.3) is 0 Å². The lowest BCUT2D eigenvalue weighted by Crippen LogP contribution is -1.99. The Morgan fingerprint density at radius 3 is 2.78 bits per heavy atom. The van der Waals surface area contributed by atoms with Crippen LogP contribution in [0.25, 0.3) is 6.08 Å². The van der Waals surface area contributed by atoms with E-state index in [1.807, 2.05) is 13.0 Å². The van der Waals surface area contributed by atoms with Gasteiger partial charge < -0.3 is 9.47 Å². The van der Waals surface area contributed by atoms with Crippen molar-refractivity contribution < 1.29 is 14.3 Å². The predicted molar refractivity (Wildman–Crippen MR) is 94.6 cm³/mol. The smallest absolute Gasteiger partial charge is 0.195 e. The molecule has 0 bridgehead atoms. The lowest BCUT2D eigenvalue weighted by Gasteiger charge is -2.10. The highest BCUT2D eigenvalue weighted by Gasteiger charge is 2.07. The van der Waals surface area contributed by atoms with Crippen LogP contribution in [-0.4, -0.2) is 19.0 Å². The molecule has 1 aromatic heterocycles. The van der Waals surface area contributed by atoms with Crippen LogP contribution in [0.5, 0.6) is 11.5 Å². The lowest BCUT2D eigenvalue weighted by molar-refractivity contribution is 0.105. The summed E-state index contributed by atoms with van der Waals surface area (Å²) >= 11 is 7.09. The van der Waals surface area contributed by atoms with Crippen molar-refractivity contribution in [1.82, 2.24) is 0 Å². The molecular formula is C18H15ClO3S. The zero-order valence-electron chi connectivity index (χ0n) is 12.5. The number of terminal acetylenes is 1. The molecule has 0 spiro atoms. The molecule has 1 aromatic carbocycles. The number of hydrogen-bond donors (Lipinski definition) is 0. The second-order valence-corrected chi connectivity index (χ2v) is 6.15. The summed E-state index contributed by atoms with van der Waals surface area (Å²) in [6.07, 6.45) is 8.43. The third kappa shape index (κ3) is 4.88. The summed E-state index contributed by atoms with van der Waals surface area (Å²) in [5, 5.41) is 0. The first-order valence-electron chi connectivity index (χ1n) is 6.95. The fraction of sp³-hybridized carbons (Fsp3) is 0.167. The second kappa shape index (κ2) is 8.42. The van der Waals surface area contributed by atoms with Crippen LogP contribution in [0, 0.1) is 12.3 Å². The van der Waals surface area contributed by atoms with Crippen molar-refractivity contribution in [2.45, 2.75) is 6.92 Å². The van der Waals surface area contributed by atoms with Crippen LogP contribution in [0.2, 0.25) is 4.34 Å². The molecule has 0 radical (unpaired) electrons. The number of allylic oxidation sites excluding steroid dienone is 1. The van der Waals surface area contributed by atoms with Crippen LogP contribution in [0.15, 0.2) is 36.4 Å². The summed E-state index contributed by atoms with van der Waals surface area (Å²) in [5.74, 6) is 3.50. The van der Waals surface area contributed by atoms with Crippen LogP contribution < -0.4 is 9.47 Å². The average Bonchev–Trinajstić information content (AvgIpc) is 2.98. The lowest BCUT2D eigenvalue weighted by atomic mass is 10.1. The monoisotopic (exact) mass is 346 g/mol. The van der Waals surface area contributed by atoms with Crippen molar-refractivity contribution in [3.63, 3.8) is 0 Å². The second-order valence-electron chi connectivity index (χ2n) is 4.43. The van der Waals surface area contributed by atoms with Gasteiger partial charge in [0.15, 0.2) is 17.3 Å². The summed E-state index contributed by atoms with van der Waals surface area (Å²) in [6, 6.07) is 8.83. The zero-order chi connectivity index (χ0) is 16.7. The molecular weight excluding hydrogens is 332 g/mol. The number of hydrogen-bond acceptors (Lipinski definition) is 4. The maximum atomic E-state index is 12.0. The molecule has 0 fully saturated rings. The number of ether oxygens (including phenoxy) is 2. The minimum Gasteiger partial charge on any atom is -0.490 e. The molecule has 3 nitrogen and oxygen atoms in total. The Bertz CT molecular complexity index is 756. The molecule has 0 atom stereocenters. The third-order valence-electron chi connectivity index (χ3n) is 2.82. The van der Waals surface area contributed by atoms with E-state index in [0.29, 0.717) is 27.3 Å². The van der Waals surface area contributed by atoms with Gasteiger partial charge in [0.05, 0.1) is 15.8 Å². The Hall–Kier alpha value is -2.22. The van der Waals surface area contributed by atoms with Crippen molar-refractivity contribution in [1.29, 1.82) is 0 Å². The third-order valence-corrected chi connectivity index (χ3v) is 4.07. The molecule has 0 saturated heterocycles. The Balaban J connectivity index is 2.16. The number of ketones is 1. The molecule has 118 valence electrons. The topological polar surface area (TPSA) is 35.5 Å². The minimum atomic E-state index is -0.0903. The molecule has 0 unspecified atom stereocenters. The number of carbonyl (C=O) groups is 1. The average molecular weight is 347 g/mol. The van der Waals surface area contributed by atoms with E-state index in [9.17, 15) is 4.79 Å². The maximum absolute atomic E-state index is 12.0. The first-order chi connectivity index (χ1) is 11.1. The van der Waals surface area contributed by atoms with Gasteiger partial charge in [0.1, 0.15) is 6.61 Å². The van der Waals surface area contributed by atoms with E-state index in [-0.39, 0.29) is 12.4 Å². The molecule has 0 saturated carbocycles. The van der Waals surface area contributed by atoms with Crippen LogP contribution in [0.3, 0.4) is 0 Å². The molecule has 2 aromatic rings. The van der Waals surface area contributed by atoms with E-state index >= 15 is 0 Å². The van der Waals surface area contributed by atoms with E-state index in [1.165, 1.54) is 17.4 Å². The normalized spacial score (nSPS) is 10.5. The quantitative estimate of drug-likeness (QED) is 0.414. The summed E-state index contributed by atoms with van der Waals surface area (Å²) < 4.78 is 11.6. The van der Waals surface area contributed by atoms with Crippen molar-refractivity contribution >= 4 is 34.8 Å². The van der Waals surface area contributed by atoms with E-state index in [4.69, 9.17) is 27.5 Å². The number of benzene rings is 1. The molecule has 0 aliphatic heterocycles. The minimum absolute atomic E-state index is 0.0903. The largest absolute Gasteiger partial charge is 0.490 e. The van der Waals surface area contributed by atoms with E-state index in [0.717, 1.165) is 5.56 Å². The molecule has 23 heavy (non-hydrogen) atoms. The Morgan fingerprint density at radius 2 is 2.13 bits per heavy atom. The Labute approximate surface area is 144 Å². The van der Waals surface area contributed by atoms with Crippen molar-refractivity contribution in [2.24, 2.45) is 0 Å². The standard InChI is InChI=1S/C18H15ClO3S/c1-3-11-22-15-8-6-13(12-16(15)21-4-2)5-7-14(20)17-9-10-18(19)23-17/h1,5-10,12H,4,11H2,2H3/b7-5+. The van der Waals surface area contributed by atoms with Crippen LogP contribution >= 0.6 is 22.9 Å². The Kier molecular flexibility index (Phi) is 6.28. The van der Waals surface area contributed by atoms with Gasteiger partial charge >= 0.3 is 0 Å². The SMILES string of the molecule is C#CCOc1ccc(/C=C/C(=O)c2ccc(Cl)s2)cc1OCC. The number of carbonyl (C=O) groups excluding carboxylic acids is 1. The molecule has 2 rings (SSSR count). The van der Waals surface area contributed by atoms with E-state index in [2.05, 4.69) is 5.92 Å². The molecule has 0 aliphatic rings. The summed E-state index contributed by atoms with van der Waals surface area (Å²) in [6.45, 7) is 2.57. The number of halogens is 1. The summed E-state index contributed by atoms with van der Waals surface area (Å²) in [7, 11) is 0. The van der Waals surface area contributed by atoms with Crippen LogP contribution in [0.1, 0.15) is 22.2 Å². The fourth-order valence-electron chi connectivity index (χ4n) is 1.84. The van der Waals surface area contributed by atoms with E-state index < -0.39 is 0 Å². The van der Waals surface area contributed by atoms with Crippen LogP contribution in [0.4, 0.5) is 0 Å². The molecule has 5 heteroatoms. The van der Waals surface area contributed by atoms with Gasteiger partial charge in [-0.25, -0.2) is 0 Å². The van der Waals surface area contributed by atoms with Gasteiger partial charge in [-0.1, -0.05) is 29.7 Å². The highest BCUT2D eigenvalue weighted by molar-refractivity contribution is 7.18. The Morgan fingerprint density at radius 1 is 1.30 bits per heavy atom. The molecule has 0 amide bonds. The first kappa shape index (κ1) is 17.1. The first-order valence-corrected chi connectivity index (χ1v) is 8.14. The highest BCUT2D eigenvalue weighted by Crippen LogP contribution is 2.29. The number of thiophene rings is 1. The molecule has 0 N–H and O–H groups in total.